The van der Waals surface area contributed by atoms with E-state index in [0.29, 0.717) is 0 Å². The van der Waals surface area contributed by atoms with Gasteiger partial charge in [-0.2, -0.15) is 16.8 Å². The van der Waals surface area contributed by atoms with Crippen molar-refractivity contribution in [2.24, 2.45) is 0 Å². The molecule has 1 aliphatic heterocycles. The summed E-state index contributed by atoms with van der Waals surface area (Å²) < 4.78 is 86.1. The van der Waals surface area contributed by atoms with Gasteiger partial charge in [-0.15, -0.1) is 6.58 Å². The Labute approximate surface area is 134 Å². The van der Waals surface area contributed by atoms with Crippen LogP contribution in [-0.2, 0) is 43.4 Å². The maximum atomic E-state index is 11.0. The summed E-state index contributed by atoms with van der Waals surface area (Å²) in [5, 5.41) is 0. The largest absolute Gasteiger partial charge is 0.397 e. The average molecular weight is 378 g/mol. The van der Waals surface area contributed by atoms with E-state index in [1.54, 1.807) is 0 Å². The van der Waals surface area contributed by atoms with Crippen LogP contribution < -0.4 is 0 Å². The van der Waals surface area contributed by atoms with E-state index in [9.17, 15) is 16.8 Å². The van der Waals surface area contributed by atoms with Crippen LogP contribution in [0.25, 0.3) is 0 Å². The molecule has 0 aliphatic carbocycles. The summed E-state index contributed by atoms with van der Waals surface area (Å²) in [6.07, 6.45) is -5.51. The van der Waals surface area contributed by atoms with Crippen LogP contribution in [0, 0.1) is 0 Å². The molecule has 0 radical (unpaired) electrons. The lowest BCUT2D eigenvalue weighted by Crippen LogP contribution is -2.60. The molecule has 0 aromatic rings. The van der Waals surface area contributed by atoms with Crippen molar-refractivity contribution in [2.75, 3.05) is 13.7 Å². The van der Waals surface area contributed by atoms with Gasteiger partial charge < -0.3 is 14.2 Å². The van der Waals surface area contributed by atoms with Gasteiger partial charge in [0.2, 0.25) is 0 Å². The lowest BCUT2D eigenvalue weighted by atomic mass is 10.00. The Morgan fingerprint density at radius 1 is 1.09 bits per heavy atom. The fourth-order valence-corrected chi connectivity index (χ4v) is 3.05. The zero-order chi connectivity index (χ0) is 17.8. The van der Waals surface area contributed by atoms with Gasteiger partial charge in [-0.1, -0.05) is 6.08 Å². The first kappa shape index (κ1) is 20.4. The highest BCUT2D eigenvalue weighted by atomic mass is 32.3. The third kappa shape index (κ3) is 6.40. The van der Waals surface area contributed by atoms with Crippen molar-refractivity contribution in [1.29, 1.82) is 0 Å². The first-order chi connectivity index (χ1) is 10.5. The number of ether oxygens (including phenoxy) is 3. The van der Waals surface area contributed by atoms with E-state index in [1.165, 1.54) is 13.0 Å². The fraction of sp³-hybridized carbons (Fsp3) is 0.800. The Morgan fingerprint density at radius 3 is 2.04 bits per heavy atom. The minimum Gasteiger partial charge on any atom is -0.369 e. The maximum Gasteiger partial charge on any atom is 0.397 e. The van der Waals surface area contributed by atoms with Crippen molar-refractivity contribution in [2.45, 2.75) is 37.6 Å². The predicted octanol–water partition coefficient (Wildman–Crippen LogP) is -0.675. The van der Waals surface area contributed by atoms with Gasteiger partial charge in [0.1, 0.15) is 12.2 Å². The maximum absolute atomic E-state index is 11.0. The second-order valence-electron chi connectivity index (χ2n) is 4.51. The third-order valence-electron chi connectivity index (χ3n) is 2.83. The molecule has 0 aromatic heterocycles. The molecule has 1 saturated heterocycles. The van der Waals surface area contributed by atoms with Gasteiger partial charge in [-0.3, -0.25) is 9.11 Å². The Morgan fingerprint density at radius 2 is 1.61 bits per heavy atom. The molecular formula is C10H18O11S2. The highest BCUT2D eigenvalue weighted by Gasteiger charge is 2.50. The molecule has 5 atom stereocenters. The molecule has 0 spiro atoms. The second-order valence-corrected chi connectivity index (χ2v) is 6.60. The summed E-state index contributed by atoms with van der Waals surface area (Å²) in [6, 6.07) is 0. The molecule has 1 heterocycles. The molecule has 23 heavy (non-hydrogen) atoms. The van der Waals surface area contributed by atoms with E-state index in [2.05, 4.69) is 14.9 Å². The van der Waals surface area contributed by atoms with Crippen molar-refractivity contribution in [3.63, 3.8) is 0 Å². The smallest absolute Gasteiger partial charge is 0.369 e. The van der Waals surface area contributed by atoms with Gasteiger partial charge in [0.25, 0.3) is 0 Å². The molecule has 13 heteroatoms. The minimum atomic E-state index is -5.01. The van der Waals surface area contributed by atoms with Crippen LogP contribution >= 0.6 is 0 Å². The van der Waals surface area contributed by atoms with Gasteiger partial charge in [0.15, 0.2) is 12.4 Å². The van der Waals surface area contributed by atoms with Crippen molar-refractivity contribution < 1.29 is 48.5 Å². The fourth-order valence-electron chi connectivity index (χ4n) is 2.06. The molecular weight excluding hydrogens is 360 g/mol. The predicted molar refractivity (Wildman–Crippen MR) is 74.1 cm³/mol. The summed E-state index contributed by atoms with van der Waals surface area (Å²) in [7, 11) is -8.88. The van der Waals surface area contributed by atoms with Crippen molar-refractivity contribution in [1.82, 2.24) is 0 Å². The van der Waals surface area contributed by atoms with Crippen LogP contribution in [0.2, 0.25) is 0 Å². The van der Waals surface area contributed by atoms with Crippen molar-refractivity contribution >= 4 is 20.8 Å². The van der Waals surface area contributed by atoms with Gasteiger partial charge in [0, 0.05) is 7.11 Å². The topological polar surface area (TPSA) is 155 Å². The standard InChI is InChI=1S/C10H18O11S2/c1-4-5-18-7-6(2)19-10(17-3)9(21-23(14,15)16)8(7)20-22(11,12)13/h4,6-10H,1,5H2,2-3H3,(H,11,12,13)(H,14,15,16). The van der Waals surface area contributed by atoms with Crippen LogP contribution in [0.15, 0.2) is 12.7 Å². The van der Waals surface area contributed by atoms with Crippen LogP contribution in [0.5, 0.6) is 0 Å². The molecule has 136 valence electrons. The lowest BCUT2D eigenvalue weighted by molar-refractivity contribution is -0.281. The normalized spacial score (nSPS) is 32.6. The molecule has 1 rings (SSSR count). The number of rotatable bonds is 8. The third-order valence-corrected chi connectivity index (χ3v) is 3.76. The van der Waals surface area contributed by atoms with E-state index in [0.717, 1.165) is 7.11 Å². The van der Waals surface area contributed by atoms with E-state index in [4.69, 9.17) is 23.3 Å². The van der Waals surface area contributed by atoms with E-state index in [1.807, 2.05) is 0 Å². The molecule has 0 bridgehead atoms. The lowest BCUT2D eigenvalue weighted by Gasteiger charge is -2.42. The van der Waals surface area contributed by atoms with Crippen LogP contribution in [0.4, 0.5) is 0 Å². The zero-order valence-electron chi connectivity index (χ0n) is 12.3. The summed E-state index contributed by atoms with van der Waals surface area (Å²) in [6.45, 7) is 4.83. The number of methoxy groups -OCH3 is 1. The molecule has 5 unspecified atom stereocenters. The Hall–Kier alpha value is -0.640. The highest BCUT2D eigenvalue weighted by Crippen LogP contribution is 2.30. The SMILES string of the molecule is C=CCOC1C(C)OC(OC)C(OS(=O)(=O)O)C1OS(=O)(=O)O. The average Bonchev–Trinajstić information content (AvgIpc) is 2.38. The van der Waals surface area contributed by atoms with Gasteiger partial charge in [0.05, 0.1) is 12.7 Å². The molecule has 11 nitrogen and oxygen atoms in total. The highest BCUT2D eigenvalue weighted by molar-refractivity contribution is 7.81. The quantitative estimate of drug-likeness (QED) is 0.408. The first-order valence-corrected chi connectivity index (χ1v) is 8.93. The molecule has 2 N–H and O–H groups in total. The minimum absolute atomic E-state index is 0.0556. The monoisotopic (exact) mass is 378 g/mol. The summed E-state index contributed by atoms with van der Waals surface area (Å²) in [4.78, 5) is 0. The van der Waals surface area contributed by atoms with Gasteiger partial charge in [-0.25, -0.2) is 8.37 Å². The summed E-state index contributed by atoms with van der Waals surface area (Å²) in [5.41, 5.74) is 0. The zero-order valence-corrected chi connectivity index (χ0v) is 13.9. The summed E-state index contributed by atoms with van der Waals surface area (Å²) in [5.74, 6) is 0. The number of hydrogen-bond donors (Lipinski definition) is 2. The van der Waals surface area contributed by atoms with Crippen LogP contribution in [0.1, 0.15) is 6.92 Å². The van der Waals surface area contributed by atoms with Crippen molar-refractivity contribution in [3.8, 4) is 0 Å². The number of hydrogen-bond acceptors (Lipinski definition) is 9. The van der Waals surface area contributed by atoms with Crippen LogP contribution in [0.3, 0.4) is 0 Å². The Balaban J connectivity index is 3.21. The van der Waals surface area contributed by atoms with E-state index >= 15 is 0 Å². The molecule has 0 amide bonds. The molecule has 0 aromatic carbocycles. The second kappa shape index (κ2) is 7.96. The Kier molecular flexibility index (Phi) is 7.06. The van der Waals surface area contributed by atoms with E-state index in [-0.39, 0.29) is 6.61 Å². The Bertz CT molecular complexity index is 598. The van der Waals surface area contributed by atoms with Gasteiger partial charge >= 0.3 is 20.8 Å². The molecule has 1 aliphatic rings. The summed E-state index contributed by atoms with van der Waals surface area (Å²) >= 11 is 0. The first-order valence-electron chi connectivity index (χ1n) is 6.20. The van der Waals surface area contributed by atoms with Crippen molar-refractivity contribution in [3.05, 3.63) is 12.7 Å². The van der Waals surface area contributed by atoms with E-state index < -0.39 is 51.5 Å². The molecule has 1 fully saturated rings. The van der Waals surface area contributed by atoms with Gasteiger partial charge in [-0.05, 0) is 6.92 Å². The van der Waals surface area contributed by atoms with Crippen LogP contribution in [-0.4, -0.2) is 70.4 Å². The molecule has 0 saturated carbocycles.